The third kappa shape index (κ3) is 2.62. The van der Waals surface area contributed by atoms with E-state index >= 15 is 0 Å². The Bertz CT molecular complexity index is 410. The van der Waals surface area contributed by atoms with Gasteiger partial charge in [-0.3, -0.25) is 0 Å². The molecule has 0 saturated carbocycles. The van der Waals surface area contributed by atoms with Crippen LogP contribution in [0.25, 0.3) is 0 Å². The van der Waals surface area contributed by atoms with E-state index in [1.165, 1.54) is 6.20 Å². The van der Waals surface area contributed by atoms with E-state index in [0.29, 0.717) is 5.56 Å². The van der Waals surface area contributed by atoms with Crippen LogP contribution >= 0.6 is 11.6 Å². The molecule has 0 amide bonds. The fourth-order valence-electron chi connectivity index (χ4n) is 0.648. The van der Waals surface area contributed by atoms with Crippen molar-refractivity contribution in [3.05, 3.63) is 17.0 Å². The lowest BCUT2D eigenvalue weighted by Gasteiger charge is -1.94. The summed E-state index contributed by atoms with van der Waals surface area (Å²) in [5.41, 5.74) is 5.97. The van der Waals surface area contributed by atoms with Gasteiger partial charge in [0.15, 0.2) is 0 Å². The molecule has 1 heterocycles. The first kappa shape index (κ1) is 9.31. The van der Waals surface area contributed by atoms with Gasteiger partial charge in [0.1, 0.15) is 5.82 Å². The summed E-state index contributed by atoms with van der Waals surface area (Å²) >= 11 is 5.48. The maximum absolute atomic E-state index is 8.22. The van der Waals surface area contributed by atoms with Crippen LogP contribution < -0.4 is 5.73 Å². The van der Waals surface area contributed by atoms with Crippen molar-refractivity contribution >= 4 is 17.4 Å². The SMILES string of the molecule is N#CCC#Cc1cnc(Cl)nc1N. The number of nitrogen functional groups attached to an aromatic ring is 1. The van der Waals surface area contributed by atoms with Gasteiger partial charge in [-0.25, -0.2) is 4.98 Å². The number of nitrogens with two attached hydrogens (primary N) is 1. The van der Waals surface area contributed by atoms with E-state index in [1.54, 1.807) is 0 Å². The predicted molar refractivity (Wildman–Crippen MR) is 48.6 cm³/mol. The van der Waals surface area contributed by atoms with E-state index in [1.807, 2.05) is 6.07 Å². The predicted octanol–water partition coefficient (Wildman–Crippen LogP) is 0.977. The first-order valence-electron chi connectivity index (χ1n) is 3.38. The highest BCUT2D eigenvalue weighted by Crippen LogP contribution is 2.08. The summed E-state index contributed by atoms with van der Waals surface area (Å²) in [5.74, 6) is 5.48. The van der Waals surface area contributed by atoms with Crippen molar-refractivity contribution in [2.24, 2.45) is 0 Å². The standard InChI is InChI=1S/C8H5ClN4/c9-8-12-5-6(7(11)13-8)3-1-2-4-10/h5H,2H2,(H2,11,12,13). The minimum atomic E-state index is 0.0864. The number of nitrogens with zero attached hydrogens (tertiary/aromatic N) is 3. The van der Waals surface area contributed by atoms with Crippen molar-refractivity contribution in [3.8, 4) is 17.9 Å². The number of halogens is 1. The van der Waals surface area contributed by atoms with Gasteiger partial charge in [-0.15, -0.1) is 0 Å². The van der Waals surface area contributed by atoms with Crippen molar-refractivity contribution in [2.75, 3.05) is 5.73 Å². The average Bonchev–Trinajstić information content (AvgIpc) is 2.09. The second-order valence-electron chi connectivity index (χ2n) is 2.07. The Morgan fingerprint density at radius 1 is 1.62 bits per heavy atom. The summed E-state index contributed by atoms with van der Waals surface area (Å²) < 4.78 is 0. The first-order chi connectivity index (χ1) is 6.24. The quantitative estimate of drug-likeness (QED) is 0.491. The highest BCUT2D eigenvalue weighted by atomic mass is 35.5. The molecule has 0 aliphatic rings. The molecule has 1 rings (SSSR count). The van der Waals surface area contributed by atoms with E-state index in [0.717, 1.165) is 0 Å². The lowest BCUT2D eigenvalue weighted by molar-refractivity contribution is 1.17. The normalized spacial score (nSPS) is 8.31. The van der Waals surface area contributed by atoms with Crippen LogP contribution in [0.15, 0.2) is 6.20 Å². The second kappa shape index (κ2) is 4.30. The van der Waals surface area contributed by atoms with Gasteiger partial charge < -0.3 is 5.73 Å². The summed E-state index contributed by atoms with van der Waals surface area (Å²) in [6, 6.07) is 1.89. The smallest absolute Gasteiger partial charge is 0.224 e. The van der Waals surface area contributed by atoms with Crippen LogP contribution in [0.3, 0.4) is 0 Å². The topological polar surface area (TPSA) is 75.6 Å². The third-order valence-corrected chi connectivity index (χ3v) is 1.36. The zero-order valence-corrected chi connectivity index (χ0v) is 7.34. The third-order valence-electron chi connectivity index (χ3n) is 1.18. The number of nitriles is 1. The molecule has 0 atom stereocenters. The van der Waals surface area contributed by atoms with Gasteiger partial charge in [0.25, 0.3) is 0 Å². The number of hydrogen-bond donors (Lipinski definition) is 1. The summed E-state index contributed by atoms with van der Waals surface area (Å²) in [6.07, 6.45) is 1.58. The zero-order chi connectivity index (χ0) is 9.68. The molecule has 64 valence electrons. The average molecular weight is 193 g/mol. The molecule has 0 aliphatic heterocycles. The lowest BCUT2D eigenvalue weighted by Crippen LogP contribution is -1.96. The molecule has 0 radical (unpaired) electrons. The van der Waals surface area contributed by atoms with Gasteiger partial charge in [0, 0.05) is 6.20 Å². The molecule has 1 aromatic heterocycles. The molecule has 0 aromatic carbocycles. The Morgan fingerprint density at radius 3 is 3.00 bits per heavy atom. The van der Waals surface area contributed by atoms with E-state index in [4.69, 9.17) is 22.6 Å². The molecule has 2 N–H and O–H groups in total. The molecule has 0 unspecified atom stereocenters. The van der Waals surface area contributed by atoms with E-state index in [-0.39, 0.29) is 17.5 Å². The van der Waals surface area contributed by atoms with Crippen molar-refractivity contribution in [1.29, 1.82) is 5.26 Å². The van der Waals surface area contributed by atoms with Gasteiger partial charge in [-0.1, -0.05) is 11.8 Å². The fourth-order valence-corrected chi connectivity index (χ4v) is 0.788. The highest BCUT2D eigenvalue weighted by Gasteiger charge is 1.98. The molecule has 0 saturated heterocycles. The van der Waals surface area contributed by atoms with Crippen LogP contribution in [0.2, 0.25) is 5.28 Å². The highest BCUT2D eigenvalue weighted by molar-refractivity contribution is 6.28. The number of rotatable bonds is 0. The van der Waals surface area contributed by atoms with E-state index in [2.05, 4.69) is 21.8 Å². The van der Waals surface area contributed by atoms with Gasteiger partial charge in [-0.2, -0.15) is 10.2 Å². The summed E-state index contributed by atoms with van der Waals surface area (Å²) in [7, 11) is 0. The molecule has 0 bridgehead atoms. The van der Waals surface area contributed by atoms with E-state index in [9.17, 15) is 0 Å². The molecule has 4 nitrogen and oxygen atoms in total. The van der Waals surface area contributed by atoms with Crippen LogP contribution in [0.4, 0.5) is 5.82 Å². The number of hydrogen-bond acceptors (Lipinski definition) is 4. The number of aromatic nitrogens is 2. The van der Waals surface area contributed by atoms with Crippen molar-refractivity contribution in [3.63, 3.8) is 0 Å². The molecule has 5 heteroatoms. The fraction of sp³-hybridized carbons (Fsp3) is 0.125. The Labute approximate surface area is 80.4 Å². The van der Waals surface area contributed by atoms with Gasteiger partial charge >= 0.3 is 0 Å². The summed E-state index contributed by atoms with van der Waals surface area (Å²) in [5, 5.41) is 8.31. The molecule has 0 aliphatic carbocycles. The van der Waals surface area contributed by atoms with Gasteiger partial charge in [0.2, 0.25) is 5.28 Å². The zero-order valence-electron chi connectivity index (χ0n) is 6.58. The minimum Gasteiger partial charge on any atom is -0.383 e. The van der Waals surface area contributed by atoms with Crippen LogP contribution in [-0.4, -0.2) is 9.97 Å². The molecule has 1 aromatic rings. The molecule has 0 spiro atoms. The second-order valence-corrected chi connectivity index (χ2v) is 2.41. The lowest BCUT2D eigenvalue weighted by atomic mass is 10.3. The summed E-state index contributed by atoms with van der Waals surface area (Å²) in [6.45, 7) is 0. The maximum Gasteiger partial charge on any atom is 0.224 e. The Balaban J connectivity index is 2.93. The molecule has 0 fully saturated rings. The molecular formula is C8H5ClN4. The monoisotopic (exact) mass is 192 g/mol. The first-order valence-corrected chi connectivity index (χ1v) is 3.75. The molecule has 13 heavy (non-hydrogen) atoms. The minimum absolute atomic E-state index is 0.0864. The summed E-state index contributed by atoms with van der Waals surface area (Å²) in [4.78, 5) is 7.41. The molecular weight excluding hydrogens is 188 g/mol. The van der Waals surface area contributed by atoms with Crippen molar-refractivity contribution in [1.82, 2.24) is 9.97 Å². The maximum atomic E-state index is 8.22. The Hall–Kier alpha value is -1.78. The van der Waals surface area contributed by atoms with Crippen molar-refractivity contribution < 1.29 is 0 Å². The largest absolute Gasteiger partial charge is 0.383 e. The van der Waals surface area contributed by atoms with Crippen LogP contribution in [-0.2, 0) is 0 Å². The van der Waals surface area contributed by atoms with Crippen LogP contribution in [0.5, 0.6) is 0 Å². The van der Waals surface area contributed by atoms with Gasteiger partial charge in [0.05, 0.1) is 18.1 Å². The number of anilines is 1. The van der Waals surface area contributed by atoms with Crippen LogP contribution in [0, 0.1) is 23.2 Å². The Morgan fingerprint density at radius 2 is 2.38 bits per heavy atom. The van der Waals surface area contributed by atoms with Gasteiger partial charge in [-0.05, 0) is 11.6 Å². The Kier molecular flexibility index (Phi) is 3.08. The van der Waals surface area contributed by atoms with E-state index < -0.39 is 0 Å². The van der Waals surface area contributed by atoms with Crippen LogP contribution in [0.1, 0.15) is 12.0 Å². The van der Waals surface area contributed by atoms with Crippen molar-refractivity contribution in [2.45, 2.75) is 6.42 Å².